The van der Waals surface area contributed by atoms with E-state index in [4.69, 9.17) is 0 Å². The van der Waals surface area contributed by atoms with E-state index in [0.717, 1.165) is 48.0 Å². The van der Waals surface area contributed by atoms with E-state index in [0.29, 0.717) is 12.6 Å². The molecular formula is C15H18FN5. The molecule has 0 aliphatic carbocycles. The Morgan fingerprint density at radius 2 is 2.14 bits per heavy atom. The average Bonchev–Trinajstić information content (AvgIpc) is 3.14. The van der Waals surface area contributed by atoms with Gasteiger partial charge in [-0.25, -0.2) is 14.4 Å². The lowest BCUT2D eigenvalue weighted by atomic mass is 10.0. The number of piperidine rings is 1. The summed E-state index contributed by atoms with van der Waals surface area (Å²) in [5.74, 6) is 0. The molecule has 0 amide bonds. The van der Waals surface area contributed by atoms with Gasteiger partial charge in [0.15, 0.2) is 0 Å². The lowest BCUT2D eigenvalue weighted by Gasteiger charge is -2.32. The molecule has 4 heterocycles. The molecule has 0 spiro atoms. The fourth-order valence-corrected chi connectivity index (χ4v) is 3.35. The monoisotopic (exact) mass is 287 g/mol. The summed E-state index contributed by atoms with van der Waals surface area (Å²) in [7, 11) is 0. The first-order valence-electron chi connectivity index (χ1n) is 7.44. The third-order valence-electron chi connectivity index (χ3n) is 4.47. The van der Waals surface area contributed by atoms with Crippen molar-refractivity contribution in [3.8, 4) is 0 Å². The molecule has 0 radical (unpaired) electrons. The minimum atomic E-state index is -0.256. The van der Waals surface area contributed by atoms with Crippen LogP contribution in [0.25, 0.3) is 22.1 Å². The molecule has 3 aromatic rings. The van der Waals surface area contributed by atoms with Crippen LogP contribution < -0.4 is 0 Å². The van der Waals surface area contributed by atoms with Crippen LogP contribution in [-0.2, 0) is 0 Å². The Morgan fingerprint density at radius 1 is 1.29 bits per heavy atom. The predicted molar refractivity (Wildman–Crippen MR) is 80.1 cm³/mol. The van der Waals surface area contributed by atoms with Crippen LogP contribution in [0.4, 0.5) is 4.39 Å². The van der Waals surface area contributed by atoms with Crippen molar-refractivity contribution in [1.82, 2.24) is 24.4 Å². The van der Waals surface area contributed by atoms with Gasteiger partial charge in [-0.3, -0.25) is 0 Å². The summed E-state index contributed by atoms with van der Waals surface area (Å²) >= 11 is 0. The maximum Gasteiger partial charge on any atom is 0.139 e. The minimum Gasteiger partial charge on any atom is -0.346 e. The van der Waals surface area contributed by atoms with Crippen LogP contribution in [0.15, 0.2) is 24.8 Å². The highest BCUT2D eigenvalue weighted by molar-refractivity contribution is 6.00. The van der Waals surface area contributed by atoms with E-state index >= 15 is 0 Å². The van der Waals surface area contributed by atoms with Gasteiger partial charge in [-0.1, -0.05) is 0 Å². The van der Waals surface area contributed by atoms with Gasteiger partial charge in [0, 0.05) is 37.3 Å². The van der Waals surface area contributed by atoms with Crippen LogP contribution in [0.3, 0.4) is 0 Å². The maximum absolute atomic E-state index is 12.4. The number of nitrogens with zero attached hydrogens (tertiary/aromatic N) is 4. The smallest absolute Gasteiger partial charge is 0.139 e. The number of aromatic nitrogens is 4. The van der Waals surface area contributed by atoms with Crippen molar-refractivity contribution in [1.29, 1.82) is 0 Å². The van der Waals surface area contributed by atoms with Gasteiger partial charge in [-0.15, -0.1) is 0 Å². The number of halogens is 1. The van der Waals surface area contributed by atoms with Gasteiger partial charge in [0.05, 0.1) is 18.0 Å². The van der Waals surface area contributed by atoms with Crippen LogP contribution in [0.1, 0.15) is 18.9 Å². The molecule has 1 aliphatic heterocycles. The lowest BCUT2D eigenvalue weighted by molar-refractivity contribution is 0.176. The number of aromatic amines is 1. The average molecular weight is 287 g/mol. The largest absolute Gasteiger partial charge is 0.346 e. The van der Waals surface area contributed by atoms with Gasteiger partial charge in [0.25, 0.3) is 0 Å². The number of hydrogen-bond donors (Lipinski definition) is 1. The Kier molecular flexibility index (Phi) is 3.11. The fraction of sp³-hybridized carbons (Fsp3) is 0.467. The van der Waals surface area contributed by atoms with Gasteiger partial charge in [-0.05, 0) is 18.9 Å². The van der Waals surface area contributed by atoms with E-state index in [1.165, 1.54) is 0 Å². The minimum absolute atomic E-state index is 0.256. The van der Waals surface area contributed by atoms with Crippen molar-refractivity contribution < 1.29 is 4.39 Å². The summed E-state index contributed by atoms with van der Waals surface area (Å²) in [5.41, 5.74) is 3.00. The Hall–Kier alpha value is -1.95. The SMILES string of the molecule is FCCN1CCC(n2cnc3cnc4[nH]ccc4c32)CC1. The van der Waals surface area contributed by atoms with Crippen molar-refractivity contribution in [2.45, 2.75) is 18.9 Å². The van der Waals surface area contributed by atoms with Crippen LogP contribution in [-0.4, -0.2) is 50.7 Å². The van der Waals surface area contributed by atoms with Gasteiger partial charge in [0.1, 0.15) is 17.8 Å². The van der Waals surface area contributed by atoms with Gasteiger partial charge < -0.3 is 14.5 Å². The Labute approximate surface area is 121 Å². The molecule has 5 nitrogen and oxygen atoms in total. The molecule has 0 bridgehead atoms. The van der Waals surface area contributed by atoms with Gasteiger partial charge in [-0.2, -0.15) is 0 Å². The van der Waals surface area contributed by atoms with Crippen LogP contribution in [0.2, 0.25) is 0 Å². The highest BCUT2D eigenvalue weighted by Gasteiger charge is 2.22. The first kappa shape index (κ1) is 12.8. The number of likely N-dealkylation sites (tertiary alicyclic amines) is 1. The van der Waals surface area contributed by atoms with Crippen molar-refractivity contribution >= 4 is 22.1 Å². The number of alkyl halides is 1. The van der Waals surface area contributed by atoms with Gasteiger partial charge in [0.2, 0.25) is 0 Å². The summed E-state index contributed by atoms with van der Waals surface area (Å²) in [6.07, 6.45) is 7.74. The molecule has 0 saturated carbocycles. The highest BCUT2D eigenvalue weighted by atomic mass is 19.1. The number of pyridine rings is 1. The molecule has 3 aromatic heterocycles. The summed E-state index contributed by atoms with van der Waals surface area (Å²) < 4.78 is 14.7. The Bertz CT molecular complexity index is 754. The van der Waals surface area contributed by atoms with E-state index in [1.807, 2.05) is 18.7 Å². The fourth-order valence-electron chi connectivity index (χ4n) is 3.35. The molecule has 6 heteroatoms. The van der Waals surface area contributed by atoms with Crippen molar-refractivity contribution in [3.05, 3.63) is 24.8 Å². The molecule has 0 unspecified atom stereocenters. The summed E-state index contributed by atoms with van der Waals surface area (Å²) in [5, 5.41) is 1.12. The first-order valence-corrected chi connectivity index (χ1v) is 7.44. The first-order chi connectivity index (χ1) is 10.4. The zero-order valence-corrected chi connectivity index (χ0v) is 11.8. The van der Waals surface area contributed by atoms with Gasteiger partial charge >= 0.3 is 0 Å². The number of rotatable bonds is 3. The number of imidazole rings is 1. The van der Waals surface area contributed by atoms with Crippen LogP contribution in [0.5, 0.6) is 0 Å². The highest BCUT2D eigenvalue weighted by Crippen LogP contribution is 2.29. The standard InChI is InChI=1S/C15H18FN5/c16-4-8-20-6-2-11(3-7-20)21-10-19-13-9-18-15-12(14(13)21)1-5-17-15/h1,5,9-11H,2-4,6-8H2,(H,17,18). The third-order valence-corrected chi connectivity index (χ3v) is 4.47. The molecule has 1 aliphatic rings. The molecule has 1 saturated heterocycles. The second-order valence-electron chi connectivity index (χ2n) is 5.65. The van der Waals surface area contributed by atoms with Crippen molar-refractivity contribution in [2.75, 3.05) is 26.3 Å². The summed E-state index contributed by atoms with van der Waals surface area (Å²) in [4.78, 5) is 14.2. The van der Waals surface area contributed by atoms with Crippen LogP contribution in [0, 0.1) is 0 Å². The third kappa shape index (κ3) is 2.10. The Balaban J connectivity index is 1.69. The van der Waals surface area contributed by atoms with Crippen molar-refractivity contribution in [2.24, 2.45) is 0 Å². The molecule has 1 fully saturated rings. The van der Waals surface area contributed by atoms with E-state index in [-0.39, 0.29) is 6.67 Å². The predicted octanol–water partition coefficient (Wildman–Crippen LogP) is 2.52. The number of nitrogens with one attached hydrogen (secondary N) is 1. The number of hydrogen-bond acceptors (Lipinski definition) is 3. The van der Waals surface area contributed by atoms with E-state index in [1.54, 1.807) is 0 Å². The zero-order chi connectivity index (χ0) is 14.2. The quantitative estimate of drug-likeness (QED) is 0.805. The Morgan fingerprint density at radius 3 is 2.95 bits per heavy atom. The molecule has 0 atom stereocenters. The zero-order valence-electron chi connectivity index (χ0n) is 11.8. The molecule has 4 rings (SSSR count). The summed E-state index contributed by atoms with van der Waals surface area (Å²) in [6, 6.07) is 2.49. The molecule has 0 aromatic carbocycles. The molecule has 1 N–H and O–H groups in total. The lowest BCUT2D eigenvalue weighted by Crippen LogP contribution is -2.35. The molecule has 110 valence electrons. The second-order valence-corrected chi connectivity index (χ2v) is 5.65. The van der Waals surface area contributed by atoms with Crippen molar-refractivity contribution in [3.63, 3.8) is 0 Å². The maximum atomic E-state index is 12.4. The van der Waals surface area contributed by atoms with Crippen LogP contribution >= 0.6 is 0 Å². The van der Waals surface area contributed by atoms with E-state index in [9.17, 15) is 4.39 Å². The number of H-pyrrole nitrogens is 1. The van der Waals surface area contributed by atoms with E-state index in [2.05, 4.69) is 30.5 Å². The topological polar surface area (TPSA) is 49.7 Å². The normalized spacial score (nSPS) is 18.0. The molecular weight excluding hydrogens is 269 g/mol. The number of fused-ring (bicyclic) bond motifs is 3. The molecule has 21 heavy (non-hydrogen) atoms. The van der Waals surface area contributed by atoms with E-state index < -0.39 is 0 Å². The summed E-state index contributed by atoms with van der Waals surface area (Å²) in [6.45, 7) is 2.21. The second kappa shape index (κ2) is 5.11.